The van der Waals surface area contributed by atoms with Crippen LogP contribution in [0.25, 0.3) is 10.9 Å². The molecule has 5 nitrogen and oxygen atoms in total. The third kappa shape index (κ3) is 3.32. The molecule has 0 saturated carbocycles. The Morgan fingerprint density at radius 1 is 1.32 bits per heavy atom. The maximum absolute atomic E-state index is 5.75. The molecule has 1 atom stereocenters. The minimum Gasteiger partial charge on any atom is -0.383 e. The van der Waals surface area contributed by atoms with Crippen LogP contribution in [0.1, 0.15) is 19.8 Å². The lowest BCUT2D eigenvalue weighted by atomic mass is 10.1. The summed E-state index contributed by atoms with van der Waals surface area (Å²) >= 11 is 0. The quantitative estimate of drug-likeness (QED) is 0.834. The summed E-state index contributed by atoms with van der Waals surface area (Å²) in [6.07, 6.45) is 2.10. The molecular weight excluding hydrogens is 240 g/mol. The molecule has 3 N–H and O–H groups in total. The lowest BCUT2D eigenvalue weighted by molar-refractivity contribution is 0.182. The third-order valence-electron chi connectivity index (χ3n) is 2.97. The molecule has 2 rings (SSSR count). The molecular formula is C14H20N4O. The van der Waals surface area contributed by atoms with E-state index in [1.165, 1.54) is 0 Å². The Morgan fingerprint density at radius 3 is 2.84 bits per heavy atom. The minimum absolute atomic E-state index is 0.229. The van der Waals surface area contributed by atoms with E-state index in [4.69, 9.17) is 10.5 Å². The number of aromatic nitrogens is 2. The number of fused-ring (bicyclic) bond motifs is 1. The lowest BCUT2D eigenvalue weighted by Crippen LogP contribution is -2.25. The summed E-state index contributed by atoms with van der Waals surface area (Å²) in [6.45, 7) is 2.79. The average Bonchev–Trinajstić information content (AvgIpc) is 2.39. The Morgan fingerprint density at radius 2 is 2.11 bits per heavy atom. The molecule has 0 fully saturated rings. The van der Waals surface area contributed by atoms with Gasteiger partial charge in [-0.1, -0.05) is 25.5 Å². The Balaban J connectivity index is 2.32. The van der Waals surface area contributed by atoms with Gasteiger partial charge in [-0.3, -0.25) is 0 Å². The van der Waals surface area contributed by atoms with E-state index in [9.17, 15) is 0 Å². The number of nitrogens with zero attached hydrogens (tertiary/aromatic N) is 2. The van der Waals surface area contributed by atoms with Crippen LogP contribution in [0.2, 0.25) is 0 Å². The number of benzene rings is 1. The summed E-state index contributed by atoms with van der Waals surface area (Å²) in [5, 5.41) is 4.39. The summed E-state index contributed by atoms with van der Waals surface area (Å²) in [6, 6.07) is 8.07. The topological polar surface area (TPSA) is 73.1 Å². The second-order valence-electron chi connectivity index (χ2n) is 4.53. The largest absolute Gasteiger partial charge is 0.383 e. The SMILES string of the molecule is CCCC(COC)Nc1nc(N)nc2ccccc12. The van der Waals surface area contributed by atoms with Crippen LogP contribution < -0.4 is 11.1 Å². The maximum Gasteiger partial charge on any atom is 0.222 e. The molecule has 102 valence electrons. The van der Waals surface area contributed by atoms with E-state index >= 15 is 0 Å². The van der Waals surface area contributed by atoms with Crippen molar-refractivity contribution in [3.05, 3.63) is 24.3 Å². The van der Waals surface area contributed by atoms with Crippen LogP contribution in [-0.2, 0) is 4.74 Å². The van der Waals surface area contributed by atoms with Gasteiger partial charge in [-0.05, 0) is 18.6 Å². The first kappa shape index (κ1) is 13.5. The van der Waals surface area contributed by atoms with Crippen molar-refractivity contribution in [3.63, 3.8) is 0 Å². The number of nitrogen functional groups attached to an aromatic ring is 1. The van der Waals surface area contributed by atoms with Gasteiger partial charge in [-0.2, -0.15) is 4.98 Å². The highest BCUT2D eigenvalue weighted by atomic mass is 16.5. The Hall–Kier alpha value is -1.88. The molecule has 0 aliphatic rings. The first-order chi connectivity index (χ1) is 9.24. The fourth-order valence-corrected chi connectivity index (χ4v) is 2.14. The van der Waals surface area contributed by atoms with Gasteiger partial charge in [0.05, 0.1) is 18.2 Å². The Bertz CT molecular complexity index is 538. The molecule has 1 heterocycles. The van der Waals surface area contributed by atoms with Gasteiger partial charge < -0.3 is 15.8 Å². The normalized spacial score (nSPS) is 12.5. The summed E-state index contributed by atoms with van der Waals surface area (Å²) in [7, 11) is 1.71. The van der Waals surface area contributed by atoms with Crippen molar-refractivity contribution in [1.29, 1.82) is 0 Å². The van der Waals surface area contributed by atoms with Crippen molar-refractivity contribution in [1.82, 2.24) is 9.97 Å². The van der Waals surface area contributed by atoms with Crippen LogP contribution in [0.5, 0.6) is 0 Å². The van der Waals surface area contributed by atoms with E-state index in [0.717, 1.165) is 29.6 Å². The van der Waals surface area contributed by atoms with E-state index in [1.54, 1.807) is 7.11 Å². The number of nitrogens with two attached hydrogens (primary N) is 1. The third-order valence-corrected chi connectivity index (χ3v) is 2.97. The second-order valence-corrected chi connectivity index (χ2v) is 4.53. The molecule has 19 heavy (non-hydrogen) atoms. The van der Waals surface area contributed by atoms with Crippen molar-refractivity contribution in [2.45, 2.75) is 25.8 Å². The predicted molar refractivity (Wildman–Crippen MR) is 78.1 cm³/mol. The van der Waals surface area contributed by atoms with Gasteiger partial charge in [0.1, 0.15) is 5.82 Å². The molecule has 1 aromatic heterocycles. The van der Waals surface area contributed by atoms with Crippen LogP contribution in [0.3, 0.4) is 0 Å². The van der Waals surface area contributed by atoms with Gasteiger partial charge in [0.15, 0.2) is 0 Å². The van der Waals surface area contributed by atoms with E-state index in [2.05, 4.69) is 22.2 Å². The van der Waals surface area contributed by atoms with E-state index in [1.807, 2.05) is 24.3 Å². The monoisotopic (exact) mass is 260 g/mol. The molecule has 0 spiro atoms. The molecule has 0 saturated heterocycles. The molecule has 0 aliphatic carbocycles. The maximum atomic E-state index is 5.75. The van der Waals surface area contributed by atoms with Gasteiger partial charge in [-0.25, -0.2) is 4.98 Å². The molecule has 1 unspecified atom stereocenters. The molecule has 0 amide bonds. The van der Waals surface area contributed by atoms with Gasteiger partial charge in [0.2, 0.25) is 5.95 Å². The highest BCUT2D eigenvalue weighted by molar-refractivity contribution is 5.89. The van der Waals surface area contributed by atoms with E-state index in [0.29, 0.717) is 6.61 Å². The van der Waals surface area contributed by atoms with Crippen LogP contribution in [0.4, 0.5) is 11.8 Å². The zero-order valence-corrected chi connectivity index (χ0v) is 11.4. The number of para-hydroxylation sites is 1. The number of hydrogen-bond donors (Lipinski definition) is 2. The number of ether oxygens (including phenoxy) is 1. The van der Waals surface area contributed by atoms with Crippen molar-refractivity contribution in [2.24, 2.45) is 0 Å². The summed E-state index contributed by atoms with van der Waals surface area (Å²) in [5.41, 5.74) is 6.61. The molecule has 5 heteroatoms. The van der Waals surface area contributed by atoms with Gasteiger partial charge in [0.25, 0.3) is 0 Å². The average molecular weight is 260 g/mol. The van der Waals surface area contributed by atoms with Gasteiger partial charge in [-0.15, -0.1) is 0 Å². The van der Waals surface area contributed by atoms with Crippen molar-refractivity contribution >= 4 is 22.7 Å². The van der Waals surface area contributed by atoms with Crippen LogP contribution in [0, 0.1) is 0 Å². The van der Waals surface area contributed by atoms with Crippen LogP contribution >= 0.6 is 0 Å². The Kier molecular flexibility index (Phi) is 4.52. The molecule has 0 bridgehead atoms. The molecule has 2 aromatic rings. The van der Waals surface area contributed by atoms with E-state index in [-0.39, 0.29) is 12.0 Å². The van der Waals surface area contributed by atoms with Crippen molar-refractivity contribution < 1.29 is 4.74 Å². The number of nitrogens with one attached hydrogen (secondary N) is 1. The van der Waals surface area contributed by atoms with Crippen molar-refractivity contribution in [2.75, 3.05) is 24.8 Å². The van der Waals surface area contributed by atoms with Gasteiger partial charge >= 0.3 is 0 Å². The zero-order valence-electron chi connectivity index (χ0n) is 11.4. The summed E-state index contributed by atoms with van der Waals surface area (Å²) < 4.78 is 5.23. The number of rotatable bonds is 6. The lowest BCUT2D eigenvalue weighted by Gasteiger charge is -2.19. The Labute approximate surface area is 113 Å². The number of anilines is 2. The fourth-order valence-electron chi connectivity index (χ4n) is 2.14. The van der Waals surface area contributed by atoms with Gasteiger partial charge in [0, 0.05) is 12.5 Å². The number of hydrogen-bond acceptors (Lipinski definition) is 5. The molecule has 0 aliphatic heterocycles. The standard InChI is InChI=1S/C14H20N4O/c1-3-6-10(9-19-2)16-13-11-7-4-5-8-12(11)17-14(15)18-13/h4-5,7-8,10H,3,6,9H2,1-2H3,(H3,15,16,17,18). The summed E-state index contributed by atoms with van der Waals surface area (Å²) in [5.74, 6) is 1.06. The highest BCUT2D eigenvalue weighted by Crippen LogP contribution is 2.22. The van der Waals surface area contributed by atoms with Crippen LogP contribution in [0.15, 0.2) is 24.3 Å². The predicted octanol–water partition coefficient (Wildman–Crippen LogP) is 2.44. The molecule has 1 aromatic carbocycles. The zero-order chi connectivity index (χ0) is 13.7. The fraction of sp³-hybridized carbons (Fsp3) is 0.429. The first-order valence-electron chi connectivity index (χ1n) is 6.52. The van der Waals surface area contributed by atoms with Crippen LogP contribution in [-0.4, -0.2) is 29.7 Å². The summed E-state index contributed by atoms with van der Waals surface area (Å²) in [4.78, 5) is 8.54. The first-order valence-corrected chi connectivity index (χ1v) is 6.52. The van der Waals surface area contributed by atoms with Crippen molar-refractivity contribution in [3.8, 4) is 0 Å². The minimum atomic E-state index is 0.229. The highest BCUT2D eigenvalue weighted by Gasteiger charge is 2.11. The smallest absolute Gasteiger partial charge is 0.222 e. The number of methoxy groups -OCH3 is 1. The molecule has 0 radical (unpaired) electrons. The second kappa shape index (κ2) is 6.33. The van der Waals surface area contributed by atoms with E-state index < -0.39 is 0 Å².